The lowest BCUT2D eigenvalue weighted by Crippen LogP contribution is -2.16. The normalized spacial score (nSPS) is 17.9. The van der Waals surface area contributed by atoms with Crippen LogP contribution >= 0.6 is 11.6 Å². The van der Waals surface area contributed by atoms with Crippen LogP contribution in [0.3, 0.4) is 0 Å². The van der Waals surface area contributed by atoms with Crippen molar-refractivity contribution in [1.82, 2.24) is 0 Å². The molecule has 1 aliphatic rings. The molecule has 19 heavy (non-hydrogen) atoms. The minimum atomic E-state index is 0.257. The average molecular weight is 278 g/mol. The van der Waals surface area contributed by atoms with Crippen LogP contribution in [0, 0.1) is 0 Å². The highest BCUT2D eigenvalue weighted by Crippen LogP contribution is 2.36. The summed E-state index contributed by atoms with van der Waals surface area (Å²) in [7, 11) is 1.65. The average Bonchev–Trinajstić information content (AvgIpc) is 2.90. The number of aryl methyl sites for hydroxylation is 1. The molecule has 3 nitrogen and oxygen atoms in total. The Bertz CT molecular complexity index is 579. The number of hydrogen-bond acceptors (Lipinski definition) is 3. The van der Waals surface area contributed by atoms with Gasteiger partial charge in [-0.1, -0.05) is 11.6 Å². The van der Waals surface area contributed by atoms with E-state index in [1.165, 1.54) is 5.56 Å². The van der Waals surface area contributed by atoms with Crippen molar-refractivity contribution in [2.75, 3.05) is 12.4 Å². The lowest BCUT2D eigenvalue weighted by atomic mass is 9.93. The number of ether oxygens (including phenoxy) is 1. The van der Waals surface area contributed by atoms with E-state index in [0.717, 1.165) is 36.5 Å². The van der Waals surface area contributed by atoms with Crippen LogP contribution in [-0.2, 0) is 6.42 Å². The minimum absolute atomic E-state index is 0.257. The van der Waals surface area contributed by atoms with E-state index >= 15 is 0 Å². The first kappa shape index (κ1) is 12.4. The fourth-order valence-electron chi connectivity index (χ4n) is 2.57. The summed E-state index contributed by atoms with van der Waals surface area (Å²) in [4.78, 5) is 0. The summed E-state index contributed by atoms with van der Waals surface area (Å²) in [5, 5.41) is 4.20. The standard InChI is InChI=1S/C15H16ClNO2/c1-18-10-5-6-12(16)14(9-10)17-13-3-2-4-15-11(13)7-8-19-15/h5-9,13,17H,2-4H2,1H3. The summed E-state index contributed by atoms with van der Waals surface area (Å²) in [6.07, 6.45) is 4.99. The molecule has 0 spiro atoms. The van der Waals surface area contributed by atoms with Crippen molar-refractivity contribution in [2.24, 2.45) is 0 Å². The third-order valence-electron chi connectivity index (χ3n) is 3.56. The summed E-state index contributed by atoms with van der Waals surface area (Å²) in [6, 6.07) is 7.93. The molecular formula is C15H16ClNO2. The largest absolute Gasteiger partial charge is 0.497 e. The highest BCUT2D eigenvalue weighted by molar-refractivity contribution is 6.33. The number of benzene rings is 1. The van der Waals surface area contributed by atoms with Gasteiger partial charge in [-0.25, -0.2) is 0 Å². The number of nitrogens with one attached hydrogen (secondary N) is 1. The van der Waals surface area contributed by atoms with Gasteiger partial charge in [-0.2, -0.15) is 0 Å². The maximum absolute atomic E-state index is 6.23. The Morgan fingerprint density at radius 2 is 2.26 bits per heavy atom. The van der Waals surface area contributed by atoms with Gasteiger partial charge < -0.3 is 14.5 Å². The number of hydrogen-bond donors (Lipinski definition) is 1. The van der Waals surface area contributed by atoms with Crippen LogP contribution in [0.4, 0.5) is 5.69 Å². The molecule has 3 rings (SSSR count). The SMILES string of the molecule is COc1ccc(Cl)c(NC2CCCc3occc32)c1. The maximum Gasteiger partial charge on any atom is 0.121 e. The first-order chi connectivity index (χ1) is 9.28. The van der Waals surface area contributed by atoms with Gasteiger partial charge in [-0.3, -0.25) is 0 Å². The van der Waals surface area contributed by atoms with E-state index in [1.807, 2.05) is 24.3 Å². The van der Waals surface area contributed by atoms with E-state index in [1.54, 1.807) is 13.4 Å². The Labute approximate surface area is 117 Å². The van der Waals surface area contributed by atoms with Gasteiger partial charge in [0.25, 0.3) is 0 Å². The van der Waals surface area contributed by atoms with Crippen LogP contribution < -0.4 is 10.1 Å². The summed E-state index contributed by atoms with van der Waals surface area (Å²) in [6.45, 7) is 0. The zero-order valence-corrected chi connectivity index (χ0v) is 11.5. The van der Waals surface area contributed by atoms with Gasteiger partial charge >= 0.3 is 0 Å². The molecular weight excluding hydrogens is 262 g/mol. The van der Waals surface area contributed by atoms with Crippen molar-refractivity contribution >= 4 is 17.3 Å². The van der Waals surface area contributed by atoms with Gasteiger partial charge in [-0.05, 0) is 31.0 Å². The molecule has 0 aliphatic heterocycles. The van der Waals surface area contributed by atoms with E-state index in [9.17, 15) is 0 Å². The first-order valence-corrected chi connectivity index (χ1v) is 6.82. The van der Waals surface area contributed by atoms with Crippen molar-refractivity contribution in [1.29, 1.82) is 0 Å². The van der Waals surface area contributed by atoms with Crippen LogP contribution in [0.2, 0.25) is 5.02 Å². The zero-order chi connectivity index (χ0) is 13.2. The number of furan rings is 1. The number of anilines is 1. The summed E-state index contributed by atoms with van der Waals surface area (Å²) >= 11 is 6.23. The Morgan fingerprint density at radius 3 is 3.11 bits per heavy atom. The van der Waals surface area contributed by atoms with Crippen LogP contribution in [0.15, 0.2) is 34.9 Å². The topological polar surface area (TPSA) is 34.4 Å². The Morgan fingerprint density at radius 1 is 1.37 bits per heavy atom. The molecule has 1 aromatic carbocycles. The van der Waals surface area contributed by atoms with Crippen LogP contribution in [0.1, 0.15) is 30.2 Å². The molecule has 100 valence electrons. The molecule has 0 bridgehead atoms. The van der Waals surface area contributed by atoms with Crippen LogP contribution in [0.25, 0.3) is 0 Å². The highest BCUT2D eigenvalue weighted by Gasteiger charge is 2.23. The van der Waals surface area contributed by atoms with Gasteiger partial charge in [0.05, 0.1) is 30.1 Å². The highest BCUT2D eigenvalue weighted by atomic mass is 35.5. The van der Waals surface area contributed by atoms with Crippen molar-refractivity contribution in [3.05, 3.63) is 46.9 Å². The third kappa shape index (κ3) is 2.43. The summed E-state index contributed by atoms with van der Waals surface area (Å²) in [5.74, 6) is 1.89. The van der Waals surface area contributed by atoms with Crippen molar-refractivity contribution in [3.63, 3.8) is 0 Å². The quantitative estimate of drug-likeness (QED) is 0.901. The summed E-state index contributed by atoms with van der Waals surface area (Å²) in [5.41, 5.74) is 2.14. The van der Waals surface area contributed by atoms with Gasteiger partial charge in [0.2, 0.25) is 0 Å². The lowest BCUT2D eigenvalue weighted by molar-refractivity contribution is 0.415. The summed E-state index contributed by atoms with van der Waals surface area (Å²) < 4.78 is 10.7. The van der Waals surface area contributed by atoms with E-state index in [4.69, 9.17) is 20.8 Å². The number of rotatable bonds is 3. The Balaban J connectivity index is 1.87. The molecule has 1 N–H and O–H groups in total. The van der Waals surface area contributed by atoms with Crippen molar-refractivity contribution < 1.29 is 9.15 Å². The minimum Gasteiger partial charge on any atom is -0.497 e. The van der Waals surface area contributed by atoms with E-state index in [0.29, 0.717) is 5.02 Å². The number of fused-ring (bicyclic) bond motifs is 1. The predicted molar refractivity (Wildman–Crippen MR) is 76.0 cm³/mol. The van der Waals surface area contributed by atoms with E-state index < -0.39 is 0 Å². The van der Waals surface area contributed by atoms with Crippen molar-refractivity contribution in [2.45, 2.75) is 25.3 Å². The maximum atomic E-state index is 6.23. The lowest BCUT2D eigenvalue weighted by Gasteiger charge is -2.24. The van der Waals surface area contributed by atoms with Gasteiger partial charge in [0, 0.05) is 18.1 Å². The van der Waals surface area contributed by atoms with Crippen LogP contribution in [-0.4, -0.2) is 7.11 Å². The molecule has 1 atom stereocenters. The number of methoxy groups -OCH3 is 1. The van der Waals surface area contributed by atoms with Gasteiger partial charge in [0.1, 0.15) is 11.5 Å². The second kappa shape index (κ2) is 5.17. The zero-order valence-electron chi connectivity index (χ0n) is 10.8. The molecule has 0 radical (unpaired) electrons. The third-order valence-corrected chi connectivity index (χ3v) is 3.88. The number of halogens is 1. The molecule has 1 aromatic heterocycles. The first-order valence-electron chi connectivity index (χ1n) is 6.44. The van der Waals surface area contributed by atoms with Gasteiger partial charge in [0.15, 0.2) is 0 Å². The molecule has 0 saturated carbocycles. The monoisotopic (exact) mass is 277 g/mol. The predicted octanol–water partition coefficient (Wildman–Crippen LogP) is 4.43. The van der Waals surface area contributed by atoms with Crippen molar-refractivity contribution in [3.8, 4) is 5.75 Å². The molecule has 1 aliphatic carbocycles. The fourth-order valence-corrected chi connectivity index (χ4v) is 2.74. The smallest absolute Gasteiger partial charge is 0.121 e. The fraction of sp³-hybridized carbons (Fsp3) is 0.333. The molecule has 0 amide bonds. The molecule has 1 unspecified atom stereocenters. The molecule has 2 aromatic rings. The molecule has 1 heterocycles. The Kier molecular flexibility index (Phi) is 3.38. The van der Waals surface area contributed by atoms with E-state index in [2.05, 4.69) is 5.32 Å². The van der Waals surface area contributed by atoms with E-state index in [-0.39, 0.29) is 6.04 Å². The van der Waals surface area contributed by atoms with Gasteiger partial charge in [-0.15, -0.1) is 0 Å². The second-order valence-corrected chi connectivity index (χ2v) is 5.14. The second-order valence-electron chi connectivity index (χ2n) is 4.73. The Hall–Kier alpha value is -1.61. The molecule has 4 heteroatoms. The molecule has 0 fully saturated rings. The molecule has 0 saturated heterocycles. The van der Waals surface area contributed by atoms with Crippen LogP contribution in [0.5, 0.6) is 5.75 Å².